The van der Waals surface area contributed by atoms with E-state index < -0.39 is 17.8 Å². The van der Waals surface area contributed by atoms with Crippen molar-refractivity contribution in [2.75, 3.05) is 5.32 Å². The van der Waals surface area contributed by atoms with Gasteiger partial charge in [0.1, 0.15) is 11.9 Å². The van der Waals surface area contributed by atoms with Gasteiger partial charge in [0, 0.05) is 13.0 Å². The van der Waals surface area contributed by atoms with Crippen LogP contribution in [0.5, 0.6) is 0 Å². The van der Waals surface area contributed by atoms with Gasteiger partial charge in [0.15, 0.2) is 5.82 Å². The summed E-state index contributed by atoms with van der Waals surface area (Å²) in [5.41, 5.74) is -0.564. The van der Waals surface area contributed by atoms with Gasteiger partial charge in [-0.1, -0.05) is 31.9 Å². The Hall–Kier alpha value is -2.29. The molecule has 0 fully saturated rings. The summed E-state index contributed by atoms with van der Waals surface area (Å²) in [4.78, 5) is 12.8. The van der Waals surface area contributed by atoms with Gasteiger partial charge in [-0.3, -0.25) is 4.79 Å². The largest absolute Gasteiger partial charge is 0.416 e. The number of nitrogens with zero attached hydrogens (tertiary/aromatic N) is 3. The molecular weight excluding hydrogens is 419 g/mol. The van der Waals surface area contributed by atoms with Gasteiger partial charge in [0.2, 0.25) is 5.91 Å². The van der Waals surface area contributed by atoms with Crippen molar-refractivity contribution in [3.63, 3.8) is 0 Å². The van der Waals surface area contributed by atoms with Crippen molar-refractivity contribution in [2.24, 2.45) is 5.92 Å². The number of amides is 1. The van der Waals surface area contributed by atoms with Crippen molar-refractivity contribution in [2.45, 2.75) is 64.8 Å². The number of benzene rings is 1. The van der Waals surface area contributed by atoms with Crippen LogP contribution in [0.4, 0.5) is 18.9 Å². The van der Waals surface area contributed by atoms with Gasteiger partial charge in [-0.05, 0) is 37.0 Å². The van der Waals surface area contributed by atoms with E-state index in [0.29, 0.717) is 5.82 Å². The highest BCUT2D eigenvalue weighted by atomic mass is 35.5. The van der Waals surface area contributed by atoms with Crippen LogP contribution < -0.4 is 10.6 Å². The first-order chi connectivity index (χ1) is 14.2. The molecule has 6 nitrogen and oxygen atoms in total. The Bertz CT molecular complexity index is 897. The summed E-state index contributed by atoms with van der Waals surface area (Å²) in [5.74, 6) is 1.23. The van der Waals surface area contributed by atoms with Gasteiger partial charge in [-0.15, -0.1) is 10.2 Å². The summed E-state index contributed by atoms with van der Waals surface area (Å²) in [6.07, 6.45) is -0.328. The molecule has 1 aromatic carbocycles. The number of hydrogen-bond donors (Lipinski definition) is 2. The maximum Gasteiger partial charge on any atom is 0.416 e. The molecule has 0 radical (unpaired) electrons. The SMILES string of the molecule is CC(C)[C@H](Nc1ccc(C(F)(F)F)cc1Cl)C(=O)NCc1nnc2n1CCCCC2. The number of hydrogen-bond acceptors (Lipinski definition) is 4. The van der Waals surface area contributed by atoms with E-state index in [4.69, 9.17) is 11.6 Å². The number of anilines is 1. The smallest absolute Gasteiger partial charge is 0.372 e. The molecule has 2 aromatic rings. The lowest BCUT2D eigenvalue weighted by atomic mass is 10.0. The van der Waals surface area contributed by atoms with E-state index in [1.165, 1.54) is 6.07 Å². The average molecular weight is 444 g/mol. The molecule has 1 atom stereocenters. The highest BCUT2D eigenvalue weighted by Crippen LogP contribution is 2.34. The lowest BCUT2D eigenvalue weighted by Gasteiger charge is -2.23. The molecule has 0 unspecified atom stereocenters. The fourth-order valence-electron chi connectivity index (χ4n) is 3.46. The van der Waals surface area contributed by atoms with Crippen LogP contribution in [0.1, 0.15) is 50.3 Å². The number of aryl methyl sites for hydroxylation is 1. The Kier molecular flexibility index (Phi) is 6.90. The first kappa shape index (κ1) is 22.4. The molecular formula is C20H25ClF3N5O. The molecule has 3 rings (SSSR count). The molecule has 2 N–H and O–H groups in total. The van der Waals surface area contributed by atoms with Gasteiger partial charge < -0.3 is 15.2 Å². The molecule has 0 aliphatic carbocycles. The standard InChI is InChI=1S/C20H25ClF3N5O/c1-12(2)18(26-15-8-7-13(10-14(15)21)20(22,23)24)19(30)25-11-17-28-27-16-6-4-3-5-9-29(16)17/h7-8,10,12,18,26H,3-6,9,11H2,1-2H3,(H,25,30)/t18-/m0/s1. The number of alkyl halides is 3. The highest BCUT2D eigenvalue weighted by Gasteiger charge is 2.31. The third kappa shape index (κ3) is 5.24. The lowest BCUT2D eigenvalue weighted by Crippen LogP contribution is -2.43. The molecule has 1 aliphatic heterocycles. The molecule has 1 aromatic heterocycles. The van der Waals surface area contributed by atoms with Crippen molar-refractivity contribution < 1.29 is 18.0 Å². The Morgan fingerprint density at radius 1 is 1.23 bits per heavy atom. The number of rotatable bonds is 6. The number of fused-ring (bicyclic) bond motifs is 1. The molecule has 10 heteroatoms. The van der Waals surface area contributed by atoms with Crippen molar-refractivity contribution in [3.8, 4) is 0 Å². The third-order valence-electron chi connectivity index (χ3n) is 5.16. The van der Waals surface area contributed by atoms with E-state index in [9.17, 15) is 18.0 Å². The van der Waals surface area contributed by atoms with Crippen molar-refractivity contribution >= 4 is 23.2 Å². The van der Waals surface area contributed by atoms with Gasteiger partial charge in [-0.25, -0.2) is 0 Å². The molecule has 2 heterocycles. The normalized spacial score (nSPS) is 15.4. The summed E-state index contributed by atoms with van der Waals surface area (Å²) < 4.78 is 40.6. The summed E-state index contributed by atoms with van der Waals surface area (Å²) in [6.45, 7) is 4.76. The van der Waals surface area contributed by atoms with E-state index >= 15 is 0 Å². The van der Waals surface area contributed by atoms with Gasteiger partial charge in [0.05, 0.1) is 22.8 Å². The lowest BCUT2D eigenvalue weighted by molar-refractivity contribution is -0.137. The zero-order valence-corrected chi connectivity index (χ0v) is 17.6. The Balaban J connectivity index is 1.68. The minimum absolute atomic E-state index is 0.0916. The quantitative estimate of drug-likeness (QED) is 0.692. The molecule has 0 bridgehead atoms. The Morgan fingerprint density at radius 3 is 2.67 bits per heavy atom. The zero-order chi connectivity index (χ0) is 21.9. The van der Waals surface area contributed by atoms with Crippen LogP contribution in [0.15, 0.2) is 18.2 Å². The molecule has 0 saturated heterocycles. The topological polar surface area (TPSA) is 71.8 Å². The number of halogens is 4. The van der Waals surface area contributed by atoms with Gasteiger partial charge in [0.25, 0.3) is 0 Å². The first-order valence-corrected chi connectivity index (χ1v) is 10.4. The fraction of sp³-hybridized carbons (Fsp3) is 0.550. The number of carbonyl (C=O) groups excluding carboxylic acids is 1. The molecule has 164 valence electrons. The van der Waals surface area contributed by atoms with Crippen molar-refractivity contribution in [1.29, 1.82) is 0 Å². The number of carbonyl (C=O) groups is 1. The summed E-state index contributed by atoms with van der Waals surface area (Å²) in [5, 5.41) is 14.2. The highest BCUT2D eigenvalue weighted by molar-refractivity contribution is 6.33. The second kappa shape index (κ2) is 9.24. The summed E-state index contributed by atoms with van der Waals surface area (Å²) in [6, 6.07) is 2.36. The molecule has 1 aliphatic rings. The number of nitrogens with one attached hydrogen (secondary N) is 2. The predicted molar refractivity (Wildman–Crippen MR) is 108 cm³/mol. The van der Waals surface area contributed by atoms with Crippen LogP contribution in [0.25, 0.3) is 0 Å². The van der Waals surface area contributed by atoms with Crippen LogP contribution in [0.2, 0.25) is 5.02 Å². The maximum atomic E-state index is 12.8. The second-order valence-corrected chi connectivity index (χ2v) is 8.18. The van der Waals surface area contributed by atoms with Crippen molar-refractivity contribution in [3.05, 3.63) is 40.4 Å². The van der Waals surface area contributed by atoms with E-state index in [1.807, 2.05) is 13.8 Å². The maximum absolute atomic E-state index is 12.8. The second-order valence-electron chi connectivity index (χ2n) is 7.77. The third-order valence-corrected chi connectivity index (χ3v) is 5.48. The number of aromatic nitrogens is 3. The molecule has 1 amide bonds. The zero-order valence-electron chi connectivity index (χ0n) is 16.9. The summed E-state index contributed by atoms with van der Waals surface area (Å²) >= 11 is 6.03. The van der Waals surface area contributed by atoms with Crippen LogP contribution in [0, 0.1) is 5.92 Å². The summed E-state index contributed by atoms with van der Waals surface area (Å²) in [7, 11) is 0. The minimum Gasteiger partial charge on any atom is -0.372 e. The van der Waals surface area contributed by atoms with Gasteiger partial charge in [-0.2, -0.15) is 13.2 Å². The van der Waals surface area contributed by atoms with E-state index in [1.54, 1.807) is 0 Å². The monoisotopic (exact) mass is 443 g/mol. The van der Waals surface area contributed by atoms with Crippen LogP contribution in [-0.2, 0) is 30.5 Å². The molecule has 0 saturated carbocycles. The van der Waals surface area contributed by atoms with Crippen molar-refractivity contribution in [1.82, 2.24) is 20.1 Å². The predicted octanol–water partition coefficient (Wildman–Crippen LogP) is 4.43. The average Bonchev–Trinajstić information content (AvgIpc) is 2.90. The van der Waals surface area contributed by atoms with E-state index in [0.717, 1.165) is 50.2 Å². The van der Waals surface area contributed by atoms with Crippen LogP contribution >= 0.6 is 11.6 Å². The first-order valence-electron chi connectivity index (χ1n) is 9.98. The van der Waals surface area contributed by atoms with E-state index in [2.05, 4.69) is 25.4 Å². The Labute approximate surface area is 178 Å². The Morgan fingerprint density at radius 2 is 2.00 bits per heavy atom. The van der Waals surface area contributed by atoms with Gasteiger partial charge >= 0.3 is 6.18 Å². The minimum atomic E-state index is -4.48. The fourth-order valence-corrected chi connectivity index (χ4v) is 3.70. The van der Waals surface area contributed by atoms with Crippen LogP contribution in [-0.4, -0.2) is 26.7 Å². The molecule has 0 spiro atoms. The van der Waals surface area contributed by atoms with Crippen LogP contribution in [0.3, 0.4) is 0 Å². The molecule has 30 heavy (non-hydrogen) atoms. The van der Waals surface area contributed by atoms with E-state index in [-0.39, 0.29) is 29.1 Å².